The first-order valence-electron chi connectivity index (χ1n) is 6.09. The van der Waals surface area contributed by atoms with Gasteiger partial charge >= 0.3 is 0 Å². The standard InChI is InChI=1S/C16H13BrN2/c17-13-6-3-5-11(8-13)16(18)15-10-19-9-12-4-1-2-7-14(12)15/h1-10,16H,18H2. The largest absolute Gasteiger partial charge is 0.320 e. The Kier molecular flexibility index (Phi) is 3.32. The summed E-state index contributed by atoms with van der Waals surface area (Å²) in [5.74, 6) is 0. The molecule has 0 spiro atoms. The van der Waals surface area contributed by atoms with Gasteiger partial charge in [-0.3, -0.25) is 4.98 Å². The van der Waals surface area contributed by atoms with Crippen molar-refractivity contribution in [2.45, 2.75) is 6.04 Å². The monoisotopic (exact) mass is 312 g/mol. The van der Waals surface area contributed by atoms with Crippen molar-refractivity contribution in [3.8, 4) is 0 Å². The average molecular weight is 313 g/mol. The van der Waals surface area contributed by atoms with E-state index >= 15 is 0 Å². The van der Waals surface area contributed by atoms with E-state index in [1.165, 1.54) is 0 Å². The van der Waals surface area contributed by atoms with Gasteiger partial charge in [0.25, 0.3) is 0 Å². The number of rotatable bonds is 2. The average Bonchev–Trinajstić information content (AvgIpc) is 2.46. The third-order valence-electron chi connectivity index (χ3n) is 3.24. The maximum absolute atomic E-state index is 6.39. The molecule has 2 nitrogen and oxygen atoms in total. The Labute approximate surface area is 120 Å². The molecule has 0 saturated heterocycles. The Morgan fingerprint density at radius 2 is 1.84 bits per heavy atom. The van der Waals surface area contributed by atoms with Crippen LogP contribution in [0.4, 0.5) is 0 Å². The fraction of sp³-hybridized carbons (Fsp3) is 0.0625. The van der Waals surface area contributed by atoms with E-state index in [0.717, 1.165) is 26.4 Å². The van der Waals surface area contributed by atoms with Crippen molar-refractivity contribution in [1.82, 2.24) is 4.98 Å². The van der Waals surface area contributed by atoms with Gasteiger partial charge in [0.1, 0.15) is 0 Å². The van der Waals surface area contributed by atoms with Crippen LogP contribution in [0, 0.1) is 0 Å². The van der Waals surface area contributed by atoms with E-state index < -0.39 is 0 Å². The third-order valence-corrected chi connectivity index (χ3v) is 3.74. The number of pyridine rings is 1. The van der Waals surface area contributed by atoms with Crippen LogP contribution in [-0.2, 0) is 0 Å². The molecule has 2 aromatic carbocycles. The van der Waals surface area contributed by atoms with Crippen molar-refractivity contribution in [2.24, 2.45) is 5.73 Å². The minimum atomic E-state index is -0.170. The molecule has 0 bridgehead atoms. The highest BCUT2D eigenvalue weighted by Crippen LogP contribution is 2.27. The number of nitrogens with zero attached hydrogens (tertiary/aromatic N) is 1. The van der Waals surface area contributed by atoms with Crippen LogP contribution in [0.3, 0.4) is 0 Å². The number of hydrogen-bond donors (Lipinski definition) is 1. The van der Waals surface area contributed by atoms with Gasteiger partial charge in [0.05, 0.1) is 6.04 Å². The van der Waals surface area contributed by atoms with E-state index in [-0.39, 0.29) is 6.04 Å². The molecular formula is C16H13BrN2. The molecule has 0 aliphatic heterocycles. The summed E-state index contributed by atoms with van der Waals surface area (Å²) in [5, 5.41) is 2.27. The Bertz CT molecular complexity index is 719. The maximum atomic E-state index is 6.39. The molecule has 3 aromatic rings. The Hall–Kier alpha value is -1.71. The van der Waals surface area contributed by atoms with Crippen LogP contribution in [0.25, 0.3) is 10.8 Å². The zero-order valence-corrected chi connectivity index (χ0v) is 11.8. The van der Waals surface area contributed by atoms with E-state index in [4.69, 9.17) is 5.73 Å². The fourth-order valence-electron chi connectivity index (χ4n) is 2.27. The summed E-state index contributed by atoms with van der Waals surface area (Å²) in [6.45, 7) is 0. The predicted molar refractivity (Wildman–Crippen MR) is 81.9 cm³/mol. The van der Waals surface area contributed by atoms with Crippen LogP contribution < -0.4 is 5.73 Å². The predicted octanol–water partition coefficient (Wildman–Crippen LogP) is 4.05. The van der Waals surface area contributed by atoms with E-state index in [1.807, 2.05) is 48.8 Å². The van der Waals surface area contributed by atoms with E-state index in [9.17, 15) is 0 Å². The van der Waals surface area contributed by atoms with Crippen molar-refractivity contribution < 1.29 is 0 Å². The minimum Gasteiger partial charge on any atom is -0.320 e. The lowest BCUT2D eigenvalue weighted by molar-refractivity contribution is 0.872. The topological polar surface area (TPSA) is 38.9 Å². The van der Waals surface area contributed by atoms with Gasteiger partial charge in [-0.15, -0.1) is 0 Å². The number of aromatic nitrogens is 1. The first kappa shape index (κ1) is 12.3. The van der Waals surface area contributed by atoms with Gasteiger partial charge in [-0.2, -0.15) is 0 Å². The van der Waals surface area contributed by atoms with Crippen molar-refractivity contribution in [1.29, 1.82) is 0 Å². The van der Waals surface area contributed by atoms with E-state index in [0.29, 0.717) is 0 Å². The first-order valence-corrected chi connectivity index (χ1v) is 6.89. The highest BCUT2D eigenvalue weighted by Gasteiger charge is 2.12. The molecule has 2 N–H and O–H groups in total. The lowest BCUT2D eigenvalue weighted by Gasteiger charge is -2.15. The second-order valence-corrected chi connectivity index (χ2v) is 5.40. The molecule has 1 aromatic heterocycles. The van der Waals surface area contributed by atoms with Crippen molar-refractivity contribution in [2.75, 3.05) is 0 Å². The second-order valence-electron chi connectivity index (χ2n) is 4.48. The molecule has 0 aliphatic rings. The SMILES string of the molecule is NC(c1cccc(Br)c1)c1cncc2ccccc12. The van der Waals surface area contributed by atoms with Gasteiger partial charge < -0.3 is 5.73 Å². The van der Waals surface area contributed by atoms with Crippen LogP contribution in [0.5, 0.6) is 0 Å². The number of hydrogen-bond acceptors (Lipinski definition) is 2. The maximum Gasteiger partial charge on any atom is 0.0573 e. The highest BCUT2D eigenvalue weighted by atomic mass is 79.9. The lowest BCUT2D eigenvalue weighted by Crippen LogP contribution is -2.12. The summed E-state index contributed by atoms with van der Waals surface area (Å²) in [6, 6.07) is 16.1. The van der Waals surface area contributed by atoms with Crippen LogP contribution in [0.15, 0.2) is 65.4 Å². The number of fused-ring (bicyclic) bond motifs is 1. The summed E-state index contributed by atoms with van der Waals surface area (Å²) in [4.78, 5) is 4.29. The van der Waals surface area contributed by atoms with Crippen LogP contribution in [-0.4, -0.2) is 4.98 Å². The molecule has 1 atom stereocenters. The van der Waals surface area contributed by atoms with Crippen molar-refractivity contribution >= 4 is 26.7 Å². The van der Waals surface area contributed by atoms with Crippen LogP contribution >= 0.6 is 15.9 Å². The van der Waals surface area contributed by atoms with Gasteiger partial charge in [0.15, 0.2) is 0 Å². The summed E-state index contributed by atoms with van der Waals surface area (Å²) in [5.41, 5.74) is 8.52. The summed E-state index contributed by atoms with van der Waals surface area (Å²) < 4.78 is 1.04. The summed E-state index contributed by atoms with van der Waals surface area (Å²) in [7, 11) is 0. The minimum absolute atomic E-state index is 0.170. The lowest BCUT2D eigenvalue weighted by atomic mass is 9.97. The number of benzene rings is 2. The Morgan fingerprint density at radius 3 is 2.68 bits per heavy atom. The molecule has 1 unspecified atom stereocenters. The number of nitrogens with two attached hydrogens (primary N) is 1. The second kappa shape index (κ2) is 5.11. The molecule has 0 amide bonds. The van der Waals surface area contributed by atoms with Gasteiger partial charge in [0, 0.05) is 22.3 Å². The zero-order valence-electron chi connectivity index (χ0n) is 10.3. The fourth-order valence-corrected chi connectivity index (χ4v) is 2.68. The van der Waals surface area contributed by atoms with Crippen molar-refractivity contribution in [3.63, 3.8) is 0 Å². The number of halogens is 1. The molecule has 3 rings (SSSR count). The van der Waals surface area contributed by atoms with E-state index in [1.54, 1.807) is 0 Å². The Morgan fingerprint density at radius 1 is 1.00 bits per heavy atom. The molecular weight excluding hydrogens is 300 g/mol. The van der Waals surface area contributed by atoms with Gasteiger partial charge in [0.2, 0.25) is 0 Å². The molecule has 94 valence electrons. The van der Waals surface area contributed by atoms with Crippen LogP contribution in [0.2, 0.25) is 0 Å². The van der Waals surface area contributed by atoms with Gasteiger partial charge in [-0.05, 0) is 28.6 Å². The molecule has 19 heavy (non-hydrogen) atoms. The molecule has 1 heterocycles. The van der Waals surface area contributed by atoms with E-state index in [2.05, 4.69) is 33.0 Å². The normalized spacial score (nSPS) is 12.5. The highest BCUT2D eigenvalue weighted by molar-refractivity contribution is 9.10. The smallest absolute Gasteiger partial charge is 0.0573 e. The van der Waals surface area contributed by atoms with Gasteiger partial charge in [-0.25, -0.2) is 0 Å². The quantitative estimate of drug-likeness (QED) is 0.775. The molecule has 0 fully saturated rings. The molecule has 0 aliphatic carbocycles. The molecule has 0 radical (unpaired) electrons. The van der Waals surface area contributed by atoms with Crippen LogP contribution in [0.1, 0.15) is 17.2 Å². The Balaban J connectivity index is 2.14. The third kappa shape index (κ3) is 2.39. The summed E-state index contributed by atoms with van der Waals surface area (Å²) in [6.07, 6.45) is 3.72. The molecule has 0 saturated carbocycles. The zero-order chi connectivity index (χ0) is 13.2. The first-order chi connectivity index (χ1) is 9.25. The molecule has 3 heteroatoms. The summed E-state index contributed by atoms with van der Waals surface area (Å²) >= 11 is 3.48. The van der Waals surface area contributed by atoms with Crippen molar-refractivity contribution in [3.05, 3.63) is 76.5 Å². The van der Waals surface area contributed by atoms with Gasteiger partial charge in [-0.1, -0.05) is 52.3 Å².